The van der Waals surface area contributed by atoms with E-state index in [1.165, 1.54) is 12.1 Å². The van der Waals surface area contributed by atoms with Gasteiger partial charge in [-0.3, -0.25) is 0 Å². The molecule has 0 radical (unpaired) electrons. The topological polar surface area (TPSA) is 105 Å². The molecule has 0 fully saturated rings. The van der Waals surface area contributed by atoms with Crippen molar-refractivity contribution in [1.29, 1.82) is 0 Å². The maximum Gasteiger partial charge on any atom is 0.355 e. The molecule has 0 spiro atoms. The van der Waals surface area contributed by atoms with E-state index < -0.39 is 43.1 Å². The number of hydrogen-bond acceptors (Lipinski definition) is 5. The van der Waals surface area contributed by atoms with Gasteiger partial charge in [0.2, 0.25) is 0 Å². The van der Waals surface area contributed by atoms with E-state index in [-0.39, 0.29) is 23.9 Å². The van der Waals surface area contributed by atoms with Gasteiger partial charge in [0.05, 0.1) is 33.6 Å². The van der Waals surface area contributed by atoms with E-state index in [9.17, 15) is 21.8 Å². The van der Waals surface area contributed by atoms with Crippen LogP contribution in [0.2, 0.25) is 0 Å². The molecule has 1 heterocycles. The van der Waals surface area contributed by atoms with Gasteiger partial charge in [0.25, 0.3) is 0 Å². The van der Waals surface area contributed by atoms with Crippen LogP contribution in [0.15, 0.2) is 36.4 Å². The largest absolute Gasteiger partial charge is 0.461 e. The average molecular weight is 523 g/mol. The van der Waals surface area contributed by atoms with Crippen molar-refractivity contribution in [3.8, 4) is 11.1 Å². The van der Waals surface area contributed by atoms with Crippen LogP contribution in [0.4, 0.5) is 4.39 Å². The second-order valence-electron chi connectivity index (χ2n) is 9.46. The van der Waals surface area contributed by atoms with Crippen LogP contribution < -0.4 is 4.72 Å². The Kier molecular flexibility index (Phi) is 7.88. The summed E-state index contributed by atoms with van der Waals surface area (Å²) in [6, 6.07) is 9.41. The third-order valence-corrected chi connectivity index (χ3v) is 7.93. The van der Waals surface area contributed by atoms with E-state index in [4.69, 9.17) is 4.74 Å². The Morgan fingerprint density at radius 3 is 2.49 bits per heavy atom. The zero-order valence-electron chi connectivity index (χ0n) is 20.7. The van der Waals surface area contributed by atoms with Crippen molar-refractivity contribution in [2.24, 2.45) is 0 Å². The number of esters is 1. The molecule has 7 nitrogen and oxygen atoms in total. The van der Waals surface area contributed by atoms with Gasteiger partial charge in [-0.25, -0.2) is 26.5 Å². The molecule has 10 heteroatoms. The molecule has 0 aliphatic carbocycles. The fourth-order valence-electron chi connectivity index (χ4n) is 3.76. The molecule has 0 amide bonds. The number of nitrogens with one attached hydrogen (secondary N) is 2. The molecular weight excluding hydrogens is 491 g/mol. The van der Waals surface area contributed by atoms with Crippen LogP contribution >= 0.6 is 0 Å². The Morgan fingerprint density at radius 2 is 1.91 bits per heavy atom. The average Bonchev–Trinajstić information content (AvgIpc) is 3.13. The Bertz CT molecular complexity index is 1390. The number of ether oxygens (including phenoxy) is 1. The van der Waals surface area contributed by atoms with E-state index in [1.54, 1.807) is 13.0 Å². The number of H-pyrrole nitrogens is 1. The van der Waals surface area contributed by atoms with Gasteiger partial charge in [0.15, 0.2) is 9.84 Å². The highest BCUT2D eigenvalue weighted by Gasteiger charge is 2.26. The number of aromatic amines is 1. The fourth-order valence-corrected chi connectivity index (χ4v) is 5.36. The summed E-state index contributed by atoms with van der Waals surface area (Å²) in [7, 11) is -4.74. The molecule has 3 rings (SSSR count). The zero-order chi connectivity index (χ0) is 26.1. The summed E-state index contributed by atoms with van der Waals surface area (Å²) in [5, 5.41) is 0.663. The van der Waals surface area contributed by atoms with Crippen LogP contribution in [0.5, 0.6) is 0 Å². The van der Waals surface area contributed by atoms with Crippen LogP contribution in [0.1, 0.15) is 62.3 Å². The monoisotopic (exact) mass is 522 g/mol. The number of sulfone groups is 1. The minimum atomic E-state index is -3.42. The smallest absolute Gasteiger partial charge is 0.355 e. The molecule has 0 saturated heterocycles. The number of fused-ring (bicyclic) bond motifs is 1. The highest BCUT2D eigenvalue weighted by atomic mass is 32.2. The molecule has 0 bridgehead atoms. The van der Waals surface area contributed by atoms with Gasteiger partial charge in [0.1, 0.15) is 11.5 Å². The number of aromatic nitrogens is 1. The minimum Gasteiger partial charge on any atom is -0.461 e. The molecular formula is C25H31FN2O5S2. The first-order chi connectivity index (χ1) is 16.2. The lowest BCUT2D eigenvalue weighted by molar-refractivity contribution is 0.0521. The Hall–Kier alpha value is -2.56. The predicted molar refractivity (Wildman–Crippen MR) is 138 cm³/mol. The maximum atomic E-state index is 14.9. The summed E-state index contributed by atoms with van der Waals surface area (Å²) in [6.45, 7) is 9.34. The molecule has 0 aliphatic heterocycles. The number of rotatable bonds is 8. The second-order valence-corrected chi connectivity index (χ2v) is 13.6. The lowest BCUT2D eigenvalue weighted by Crippen LogP contribution is -2.34. The SMILES string of the molecule is CCOC(=O)c1[nH]c2c([C@H](C)NS(=O)C(C)(C)C)cccc2c1-c1ccc(CS(C)(=O)=O)c(F)c1. The van der Waals surface area contributed by atoms with Crippen molar-refractivity contribution in [3.63, 3.8) is 0 Å². The first kappa shape index (κ1) is 27.0. The summed E-state index contributed by atoms with van der Waals surface area (Å²) in [5.74, 6) is -1.69. The second kappa shape index (κ2) is 10.2. The predicted octanol–water partition coefficient (Wildman–Crippen LogP) is 4.81. The zero-order valence-corrected chi connectivity index (χ0v) is 22.3. The van der Waals surface area contributed by atoms with E-state index in [0.29, 0.717) is 22.0 Å². The lowest BCUT2D eigenvalue weighted by atomic mass is 9.98. The van der Waals surface area contributed by atoms with Crippen LogP contribution in [-0.2, 0) is 31.3 Å². The Labute approximate surface area is 208 Å². The Morgan fingerprint density at radius 1 is 1.23 bits per heavy atom. The van der Waals surface area contributed by atoms with Gasteiger partial charge in [0, 0.05) is 28.8 Å². The minimum absolute atomic E-state index is 0.0527. The van der Waals surface area contributed by atoms with Crippen LogP contribution in [0.25, 0.3) is 22.0 Å². The van der Waals surface area contributed by atoms with Crippen molar-refractivity contribution in [2.75, 3.05) is 12.9 Å². The van der Waals surface area contributed by atoms with Crippen molar-refractivity contribution in [3.05, 3.63) is 59.0 Å². The number of carbonyl (C=O) groups is 1. The van der Waals surface area contributed by atoms with Gasteiger partial charge in [-0.05, 0) is 51.8 Å². The van der Waals surface area contributed by atoms with E-state index in [0.717, 1.165) is 11.8 Å². The van der Waals surface area contributed by atoms with Crippen LogP contribution in [-0.4, -0.2) is 41.2 Å². The molecule has 3 aromatic rings. The van der Waals surface area contributed by atoms with E-state index in [1.807, 2.05) is 45.9 Å². The Balaban J connectivity index is 2.18. The summed E-state index contributed by atoms with van der Waals surface area (Å²) >= 11 is 0. The van der Waals surface area contributed by atoms with Crippen molar-refractivity contribution in [2.45, 2.75) is 51.2 Å². The van der Waals surface area contributed by atoms with Gasteiger partial charge in [-0.15, -0.1) is 0 Å². The lowest BCUT2D eigenvalue weighted by Gasteiger charge is -2.22. The molecule has 35 heavy (non-hydrogen) atoms. The van der Waals surface area contributed by atoms with Crippen molar-refractivity contribution >= 4 is 37.7 Å². The molecule has 2 N–H and O–H groups in total. The molecule has 1 aromatic heterocycles. The molecule has 2 aromatic carbocycles. The van der Waals surface area contributed by atoms with Gasteiger partial charge >= 0.3 is 5.97 Å². The number of halogens is 1. The van der Waals surface area contributed by atoms with Gasteiger partial charge < -0.3 is 9.72 Å². The summed E-state index contributed by atoms with van der Waals surface area (Å²) in [5.41, 5.74) is 2.49. The summed E-state index contributed by atoms with van der Waals surface area (Å²) < 4.78 is 58.7. The fraction of sp³-hybridized carbons (Fsp3) is 0.400. The third-order valence-electron chi connectivity index (χ3n) is 5.41. The molecule has 1 unspecified atom stereocenters. The van der Waals surface area contributed by atoms with Gasteiger partial charge in [-0.1, -0.05) is 30.3 Å². The number of para-hydroxylation sites is 1. The van der Waals surface area contributed by atoms with Crippen molar-refractivity contribution < 1.29 is 26.5 Å². The normalized spacial score (nSPS) is 14.1. The number of carbonyl (C=O) groups excluding carboxylic acids is 1. The maximum absolute atomic E-state index is 14.9. The van der Waals surface area contributed by atoms with Crippen molar-refractivity contribution in [1.82, 2.24) is 9.71 Å². The van der Waals surface area contributed by atoms with Crippen LogP contribution in [0.3, 0.4) is 0 Å². The number of benzene rings is 2. The summed E-state index contributed by atoms with van der Waals surface area (Å²) in [6.07, 6.45) is 1.04. The molecule has 190 valence electrons. The third kappa shape index (κ3) is 6.17. The molecule has 0 saturated carbocycles. The van der Waals surface area contributed by atoms with E-state index >= 15 is 0 Å². The van der Waals surface area contributed by atoms with E-state index in [2.05, 4.69) is 9.71 Å². The molecule has 0 aliphatic rings. The van der Waals surface area contributed by atoms with Crippen LogP contribution in [0, 0.1) is 5.82 Å². The highest BCUT2D eigenvalue weighted by Crippen LogP contribution is 2.37. The summed E-state index contributed by atoms with van der Waals surface area (Å²) in [4.78, 5) is 16.0. The molecule has 2 atom stereocenters. The standard InChI is InChI=1S/C25H31FN2O5S2/c1-7-33-24(29)23-21(16-11-12-17(20(26)13-16)14-35(6,31)32)19-10-8-9-18(22(19)27-23)15(2)28-34(30)25(3,4)5/h8-13,15,27-28H,7,14H2,1-6H3/t15-,34?/m0/s1. The first-order valence-corrected chi connectivity index (χ1v) is 14.4. The number of hydrogen-bond donors (Lipinski definition) is 2. The quantitative estimate of drug-likeness (QED) is 0.413. The highest BCUT2D eigenvalue weighted by molar-refractivity contribution is 7.89. The first-order valence-electron chi connectivity index (χ1n) is 11.2. The van der Waals surface area contributed by atoms with Gasteiger partial charge in [-0.2, -0.15) is 0 Å².